The average Bonchev–Trinajstić information content (AvgIpc) is 3.00. The van der Waals surface area contributed by atoms with Gasteiger partial charge in [0, 0.05) is 21.2 Å². The van der Waals surface area contributed by atoms with Crippen molar-refractivity contribution in [1.82, 2.24) is 9.66 Å². The summed E-state index contributed by atoms with van der Waals surface area (Å²) < 4.78 is 33.2. The van der Waals surface area contributed by atoms with Crippen LogP contribution < -0.4 is 19.8 Å². The number of hydrogen-bond acceptors (Lipinski definition) is 6. The molecule has 1 heterocycles. The summed E-state index contributed by atoms with van der Waals surface area (Å²) in [7, 11) is 3.17. The second-order valence-electron chi connectivity index (χ2n) is 10.3. The number of hydrogen-bond donors (Lipinski definition) is 0. The Bertz CT molecular complexity index is 1900. The van der Waals surface area contributed by atoms with E-state index < -0.39 is 0 Å². The molecular weight excluding hydrogens is 613 g/mol. The van der Waals surface area contributed by atoms with E-state index in [1.165, 1.54) is 17.9 Å². The van der Waals surface area contributed by atoms with Gasteiger partial charge in [-0.1, -0.05) is 44.2 Å². The third-order valence-electron chi connectivity index (χ3n) is 7.13. The molecule has 0 radical (unpaired) electrons. The van der Waals surface area contributed by atoms with Gasteiger partial charge in [0.1, 0.15) is 18.2 Å². The molecule has 7 nitrogen and oxygen atoms in total. The van der Waals surface area contributed by atoms with Gasteiger partial charge in [-0.3, -0.25) is 4.79 Å². The molecule has 0 atom stereocenters. The van der Waals surface area contributed by atoms with Gasteiger partial charge in [0.2, 0.25) is 0 Å². The molecule has 5 aromatic rings. The molecule has 43 heavy (non-hydrogen) atoms. The molecule has 0 bridgehead atoms. The van der Waals surface area contributed by atoms with E-state index in [1.54, 1.807) is 55.8 Å². The Morgan fingerprint density at radius 2 is 1.70 bits per heavy atom. The van der Waals surface area contributed by atoms with Crippen molar-refractivity contribution in [2.75, 3.05) is 14.2 Å². The summed E-state index contributed by atoms with van der Waals surface area (Å²) >= 11 is 3.58. The highest BCUT2D eigenvalue weighted by molar-refractivity contribution is 9.10. The first-order valence-corrected chi connectivity index (χ1v) is 14.5. The number of aromatic nitrogens is 2. The first-order valence-electron chi connectivity index (χ1n) is 13.7. The molecule has 0 aliphatic rings. The van der Waals surface area contributed by atoms with Gasteiger partial charge in [-0.2, -0.15) is 9.78 Å². The molecule has 1 aromatic heterocycles. The minimum Gasteiger partial charge on any atom is -0.496 e. The first-order chi connectivity index (χ1) is 20.7. The molecule has 5 rings (SSSR count). The van der Waals surface area contributed by atoms with Crippen LogP contribution in [0.25, 0.3) is 22.3 Å². The van der Waals surface area contributed by atoms with Crippen LogP contribution in [0.4, 0.5) is 4.39 Å². The normalized spacial score (nSPS) is 11.4. The van der Waals surface area contributed by atoms with E-state index in [0.717, 1.165) is 22.4 Å². The van der Waals surface area contributed by atoms with Crippen LogP contribution in [0, 0.1) is 12.7 Å². The minimum atomic E-state index is -0.345. The highest BCUT2D eigenvalue weighted by Gasteiger charge is 2.19. The largest absolute Gasteiger partial charge is 0.496 e. The fourth-order valence-corrected chi connectivity index (χ4v) is 5.21. The monoisotopic (exact) mass is 643 g/mol. The van der Waals surface area contributed by atoms with Crippen molar-refractivity contribution in [3.05, 3.63) is 116 Å². The second-order valence-corrected chi connectivity index (χ2v) is 11.1. The third-order valence-corrected chi connectivity index (χ3v) is 7.82. The van der Waals surface area contributed by atoms with Crippen molar-refractivity contribution in [3.63, 3.8) is 0 Å². The van der Waals surface area contributed by atoms with Crippen molar-refractivity contribution in [2.45, 2.75) is 33.3 Å². The van der Waals surface area contributed by atoms with E-state index in [1.807, 2.05) is 31.2 Å². The van der Waals surface area contributed by atoms with Crippen LogP contribution >= 0.6 is 15.9 Å². The first kappa shape index (κ1) is 30.0. The van der Waals surface area contributed by atoms with Crippen LogP contribution in [-0.2, 0) is 6.61 Å². The van der Waals surface area contributed by atoms with Crippen LogP contribution in [-0.4, -0.2) is 30.1 Å². The van der Waals surface area contributed by atoms with E-state index >= 15 is 0 Å². The Morgan fingerprint density at radius 3 is 2.42 bits per heavy atom. The lowest BCUT2D eigenvalue weighted by molar-refractivity contribution is 0.279. The molecule has 220 valence electrons. The standard InChI is InChI=1S/C34H31BrFN3O4/c1-20(2)25-16-26(21(3)14-30(25)41-4)33-38-29-13-9-7-11-24(29)34(40)39(33)37-18-23-15-31(42-5)32(17-27(23)35)43-19-22-10-6-8-12-28(22)36/h6-18,20H,19H2,1-5H3. The van der Waals surface area contributed by atoms with Gasteiger partial charge in [-0.25, -0.2) is 9.37 Å². The lowest BCUT2D eigenvalue weighted by Gasteiger charge is -2.17. The van der Waals surface area contributed by atoms with E-state index in [0.29, 0.717) is 43.8 Å². The predicted octanol–water partition coefficient (Wildman–Crippen LogP) is 7.88. The third kappa shape index (κ3) is 6.17. The van der Waals surface area contributed by atoms with Crippen LogP contribution in [0.15, 0.2) is 87.2 Å². The number of nitrogens with zero attached hydrogens (tertiary/aromatic N) is 3. The smallest absolute Gasteiger partial charge is 0.282 e. The SMILES string of the molecule is COc1cc(C=Nn2c(-c3cc(C(C)C)c(OC)cc3C)nc3ccccc3c2=O)c(Br)cc1OCc1ccccc1F. The van der Waals surface area contributed by atoms with Crippen molar-refractivity contribution < 1.29 is 18.6 Å². The van der Waals surface area contributed by atoms with Gasteiger partial charge in [0.25, 0.3) is 5.56 Å². The molecule has 0 aliphatic carbocycles. The number of aryl methyl sites for hydroxylation is 1. The zero-order valence-electron chi connectivity index (χ0n) is 24.5. The maximum Gasteiger partial charge on any atom is 0.282 e. The van der Waals surface area contributed by atoms with Crippen LogP contribution in [0.2, 0.25) is 0 Å². The van der Waals surface area contributed by atoms with Gasteiger partial charge in [-0.05, 0) is 82.4 Å². The summed E-state index contributed by atoms with van der Waals surface area (Å²) in [4.78, 5) is 18.7. The van der Waals surface area contributed by atoms with Crippen LogP contribution in [0.3, 0.4) is 0 Å². The molecule has 0 aliphatic heterocycles. The summed E-state index contributed by atoms with van der Waals surface area (Å²) in [5.41, 5.74) is 4.01. The molecule has 0 saturated heterocycles. The quantitative estimate of drug-likeness (QED) is 0.153. The Kier molecular flexibility index (Phi) is 8.92. The Hall–Kier alpha value is -4.50. The number of methoxy groups -OCH3 is 2. The molecule has 0 unspecified atom stereocenters. The van der Waals surface area contributed by atoms with E-state index in [9.17, 15) is 9.18 Å². The Labute approximate surface area is 257 Å². The summed E-state index contributed by atoms with van der Waals surface area (Å²) in [5, 5.41) is 5.09. The van der Waals surface area contributed by atoms with E-state index in [2.05, 4.69) is 34.9 Å². The van der Waals surface area contributed by atoms with Crippen molar-refractivity contribution in [1.29, 1.82) is 0 Å². The summed E-state index contributed by atoms with van der Waals surface area (Å²) in [5.74, 6) is 1.88. The van der Waals surface area contributed by atoms with Crippen LogP contribution in [0.1, 0.15) is 42.0 Å². The fraction of sp³-hybridized carbons (Fsp3) is 0.206. The van der Waals surface area contributed by atoms with Crippen molar-refractivity contribution >= 4 is 33.0 Å². The molecule has 9 heteroatoms. The summed E-state index contributed by atoms with van der Waals surface area (Å²) in [6.45, 7) is 6.16. The Morgan fingerprint density at radius 1 is 0.977 bits per heavy atom. The van der Waals surface area contributed by atoms with E-state index in [4.69, 9.17) is 19.2 Å². The molecule has 0 N–H and O–H groups in total. The highest BCUT2D eigenvalue weighted by atomic mass is 79.9. The molecule has 0 spiro atoms. The molecular formula is C34H31BrFN3O4. The molecule has 0 fully saturated rings. The van der Waals surface area contributed by atoms with Crippen molar-refractivity contribution in [2.24, 2.45) is 5.10 Å². The van der Waals surface area contributed by atoms with Gasteiger partial charge in [0.15, 0.2) is 17.3 Å². The van der Waals surface area contributed by atoms with Gasteiger partial charge in [0.05, 0.1) is 31.3 Å². The molecule has 0 amide bonds. The minimum absolute atomic E-state index is 0.0317. The number of benzene rings is 4. The predicted molar refractivity (Wildman–Crippen MR) is 171 cm³/mol. The molecule has 4 aromatic carbocycles. The number of halogens is 2. The fourth-order valence-electron chi connectivity index (χ4n) is 4.79. The molecule has 0 saturated carbocycles. The summed E-state index contributed by atoms with van der Waals surface area (Å²) in [6, 6.07) is 21.1. The highest BCUT2D eigenvalue weighted by Crippen LogP contribution is 2.35. The van der Waals surface area contributed by atoms with Gasteiger partial charge >= 0.3 is 0 Å². The average molecular weight is 645 g/mol. The van der Waals surface area contributed by atoms with Gasteiger partial charge in [-0.15, -0.1) is 0 Å². The second kappa shape index (κ2) is 12.8. The van der Waals surface area contributed by atoms with Crippen molar-refractivity contribution in [3.8, 4) is 28.6 Å². The van der Waals surface area contributed by atoms with E-state index in [-0.39, 0.29) is 23.9 Å². The number of rotatable bonds is 9. The maximum absolute atomic E-state index is 14.1. The zero-order chi connectivity index (χ0) is 30.7. The number of fused-ring (bicyclic) bond motifs is 1. The number of para-hydroxylation sites is 1. The maximum atomic E-state index is 14.1. The number of ether oxygens (including phenoxy) is 3. The Balaban J connectivity index is 1.60. The lowest BCUT2D eigenvalue weighted by atomic mass is 9.96. The summed E-state index contributed by atoms with van der Waals surface area (Å²) in [6.07, 6.45) is 1.57. The van der Waals surface area contributed by atoms with Crippen LogP contribution in [0.5, 0.6) is 17.2 Å². The lowest BCUT2D eigenvalue weighted by Crippen LogP contribution is -2.21. The van der Waals surface area contributed by atoms with Gasteiger partial charge < -0.3 is 14.2 Å². The topological polar surface area (TPSA) is 74.9 Å². The zero-order valence-corrected chi connectivity index (χ0v) is 26.1.